The van der Waals surface area contributed by atoms with E-state index in [0.29, 0.717) is 48.7 Å². The smallest absolute Gasteiger partial charge is 0.407 e. The number of halogens is 1. The van der Waals surface area contributed by atoms with Gasteiger partial charge in [0.25, 0.3) is 0 Å². The molecule has 2 aliphatic heterocycles. The van der Waals surface area contributed by atoms with E-state index in [1.165, 1.54) is 13.2 Å². The lowest BCUT2D eigenvalue weighted by atomic mass is 10.0. The van der Waals surface area contributed by atoms with Gasteiger partial charge in [0.1, 0.15) is 29.2 Å². The van der Waals surface area contributed by atoms with Gasteiger partial charge in [-0.2, -0.15) is 0 Å². The fourth-order valence-corrected chi connectivity index (χ4v) is 7.86. The Morgan fingerprint density at radius 2 is 1.39 bits per heavy atom. The zero-order valence-electron chi connectivity index (χ0n) is 31.9. The molecule has 7 rings (SSSR count). The molecular formula is C41H45FN8O6. The standard InChI is InChI=1S/C41H45FN8O6/c1-21(2)32(47-40(53)54)38(51)49-16-7-9-31(49)37-44-29-20-24(19-27(42)35(29)46-37)11-10-23-12-14-26-25(18-23)13-15-28-34(26)45-36(43-28)30-8-6-17-50(30)39(52)33(22(3)4)48-41(55)56-5/h12-15,18-22,30-33,47H,6-9,16-17H2,1-5H3,(H,43,45)(H,44,46)(H,48,55)(H,53,54)/t30-,31-,32-,33-/m0/s1. The van der Waals surface area contributed by atoms with Crippen LogP contribution in [0.3, 0.4) is 0 Å². The summed E-state index contributed by atoms with van der Waals surface area (Å²) in [5.74, 6) is 5.91. The maximum absolute atomic E-state index is 15.4. The number of rotatable bonds is 8. The molecule has 4 heterocycles. The molecule has 0 unspecified atom stereocenters. The fourth-order valence-electron chi connectivity index (χ4n) is 7.86. The number of benzene rings is 3. The van der Waals surface area contributed by atoms with Crippen LogP contribution in [-0.2, 0) is 14.3 Å². The number of nitrogens with zero attached hydrogens (tertiary/aromatic N) is 4. The first-order chi connectivity index (χ1) is 26.8. The molecular weight excluding hydrogens is 719 g/mol. The normalized spacial score (nSPS) is 18.1. The van der Waals surface area contributed by atoms with Crippen LogP contribution in [0, 0.1) is 29.5 Å². The molecule has 5 N–H and O–H groups in total. The lowest BCUT2D eigenvalue weighted by Crippen LogP contribution is -2.51. The molecule has 0 saturated carbocycles. The SMILES string of the molecule is COC(=O)N[C@H](C(=O)N1CCC[C@H]1c1nc2c(ccc3cc(C#Cc4cc(F)c5nc([C@@H]6CCCN6C(=O)[C@@H](NC(=O)O)C(C)C)[nH]c5c4)ccc32)[nH]1)C(C)C. The second-order valence-electron chi connectivity index (χ2n) is 15.2. The fraction of sp³-hybridized carbons (Fsp3) is 0.415. The molecule has 14 nitrogen and oxygen atoms in total. The number of nitrogens with one attached hydrogen (secondary N) is 4. The molecule has 3 aromatic carbocycles. The van der Waals surface area contributed by atoms with E-state index in [9.17, 15) is 24.3 Å². The third-order valence-corrected chi connectivity index (χ3v) is 10.7. The number of carbonyl (C=O) groups excluding carboxylic acids is 3. The number of hydrogen-bond donors (Lipinski definition) is 5. The van der Waals surface area contributed by atoms with Crippen LogP contribution in [0.4, 0.5) is 14.0 Å². The van der Waals surface area contributed by atoms with Crippen LogP contribution in [0.1, 0.15) is 88.2 Å². The number of aromatic amines is 2. The van der Waals surface area contributed by atoms with E-state index in [0.717, 1.165) is 40.2 Å². The van der Waals surface area contributed by atoms with Crippen LogP contribution in [-0.4, -0.2) is 91.1 Å². The summed E-state index contributed by atoms with van der Waals surface area (Å²) in [6.45, 7) is 8.32. The van der Waals surface area contributed by atoms with Gasteiger partial charge in [-0.3, -0.25) is 9.59 Å². The number of H-pyrrole nitrogens is 2. The van der Waals surface area contributed by atoms with E-state index < -0.39 is 36.1 Å². The minimum absolute atomic E-state index is 0.138. The molecule has 0 aliphatic carbocycles. The summed E-state index contributed by atoms with van der Waals surface area (Å²) in [4.78, 5) is 69.9. The molecule has 2 aliphatic rings. The van der Waals surface area contributed by atoms with Gasteiger partial charge in [-0.15, -0.1) is 0 Å². The van der Waals surface area contributed by atoms with Crippen molar-refractivity contribution in [2.24, 2.45) is 11.8 Å². The monoisotopic (exact) mass is 764 g/mol. The number of alkyl carbamates (subject to hydrolysis) is 1. The maximum Gasteiger partial charge on any atom is 0.407 e. The summed E-state index contributed by atoms with van der Waals surface area (Å²) < 4.78 is 20.2. The second kappa shape index (κ2) is 15.5. The summed E-state index contributed by atoms with van der Waals surface area (Å²) >= 11 is 0. The molecule has 4 atom stereocenters. The molecule has 2 saturated heterocycles. The number of likely N-dealkylation sites (tertiary alicyclic amines) is 2. The number of aromatic nitrogens is 4. The summed E-state index contributed by atoms with van der Waals surface area (Å²) in [7, 11) is 1.27. The zero-order valence-corrected chi connectivity index (χ0v) is 31.9. The number of hydrogen-bond acceptors (Lipinski definition) is 7. The van der Waals surface area contributed by atoms with Gasteiger partial charge in [0.15, 0.2) is 5.82 Å². The first kappa shape index (κ1) is 38.1. The molecule has 292 valence electrons. The molecule has 0 spiro atoms. The van der Waals surface area contributed by atoms with Gasteiger partial charge in [-0.25, -0.2) is 23.9 Å². The van der Waals surface area contributed by atoms with E-state index in [1.54, 1.807) is 29.7 Å². The third kappa shape index (κ3) is 7.43. The Kier molecular flexibility index (Phi) is 10.6. The number of carbonyl (C=O) groups is 4. The predicted molar refractivity (Wildman–Crippen MR) is 207 cm³/mol. The van der Waals surface area contributed by atoms with Crippen molar-refractivity contribution in [3.63, 3.8) is 0 Å². The van der Waals surface area contributed by atoms with Crippen LogP contribution in [0.25, 0.3) is 32.8 Å². The average Bonchev–Trinajstić information content (AvgIpc) is 3.99. The first-order valence-corrected chi connectivity index (χ1v) is 18.9. The number of carboxylic acid groups (broad SMARTS) is 1. The first-order valence-electron chi connectivity index (χ1n) is 18.9. The Morgan fingerprint density at radius 1 is 0.804 bits per heavy atom. The van der Waals surface area contributed by atoms with E-state index in [4.69, 9.17) is 9.72 Å². The van der Waals surface area contributed by atoms with E-state index in [2.05, 4.69) is 37.4 Å². The number of ether oxygens (including phenoxy) is 1. The minimum atomic E-state index is -1.27. The summed E-state index contributed by atoms with van der Waals surface area (Å²) in [5.41, 5.74) is 3.36. The minimum Gasteiger partial charge on any atom is -0.465 e. The summed E-state index contributed by atoms with van der Waals surface area (Å²) in [6.07, 6.45) is 0.950. The van der Waals surface area contributed by atoms with Crippen molar-refractivity contribution in [3.05, 3.63) is 71.1 Å². The molecule has 0 bridgehead atoms. The summed E-state index contributed by atoms with van der Waals surface area (Å²) in [6, 6.07) is 10.4. The third-order valence-electron chi connectivity index (χ3n) is 10.7. The van der Waals surface area contributed by atoms with Crippen LogP contribution in [0.5, 0.6) is 0 Å². The quantitative estimate of drug-likeness (QED) is 0.117. The maximum atomic E-state index is 15.4. The number of methoxy groups -OCH3 is 1. The van der Waals surface area contributed by atoms with Gasteiger partial charge in [-0.05, 0) is 73.2 Å². The lowest BCUT2D eigenvalue weighted by molar-refractivity contribution is -0.136. The molecule has 2 aromatic heterocycles. The zero-order chi connectivity index (χ0) is 39.8. The van der Waals surface area contributed by atoms with E-state index in [-0.39, 0.29) is 35.2 Å². The summed E-state index contributed by atoms with van der Waals surface area (Å²) in [5, 5.41) is 16.1. The molecule has 2 fully saturated rings. The number of fused-ring (bicyclic) bond motifs is 4. The molecule has 4 amide bonds. The van der Waals surface area contributed by atoms with Crippen LogP contribution in [0.2, 0.25) is 0 Å². The highest BCUT2D eigenvalue weighted by molar-refractivity contribution is 6.04. The number of amides is 4. The van der Waals surface area contributed by atoms with Crippen molar-refractivity contribution in [3.8, 4) is 11.8 Å². The van der Waals surface area contributed by atoms with Crippen molar-refractivity contribution < 1.29 is 33.4 Å². The van der Waals surface area contributed by atoms with Gasteiger partial charge in [0.05, 0.1) is 35.7 Å². The van der Waals surface area contributed by atoms with Crippen LogP contribution in [0.15, 0.2) is 42.5 Å². The van der Waals surface area contributed by atoms with Crippen molar-refractivity contribution in [1.29, 1.82) is 0 Å². The van der Waals surface area contributed by atoms with Gasteiger partial charge < -0.3 is 40.2 Å². The topological polar surface area (TPSA) is 186 Å². The highest BCUT2D eigenvalue weighted by Crippen LogP contribution is 2.35. The highest BCUT2D eigenvalue weighted by Gasteiger charge is 2.39. The number of imidazole rings is 2. The van der Waals surface area contributed by atoms with Crippen molar-refractivity contribution in [1.82, 2.24) is 40.4 Å². The molecule has 0 radical (unpaired) electrons. The lowest BCUT2D eigenvalue weighted by Gasteiger charge is -2.29. The Balaban J connectivity index is 1.11. The predicted octanol–water partition coefficient (Wildman–Crippen LogP) is 6.13. The van der Waals surface area contributed by atoms with Gasteiger partial charge in [0.2, 0.25) is 11.8 Å². The average molecular weight is 765 g/mol. The highest BCUT2D eigenvalue weighted by atomic mass is 19.1. The van der Waals surface area contributed by atoms with Gasteiger partial charge in [-0.1, -0.05) is 51.7 Å². The van der Waals surface area contributed by atoms with Gasteiger partial charge >= 0.3 is 12.2 Å². The molecule has 5 aromatic rings. The van der Waals surface area contributed by atoms with Crippen LogP contribution >= 0.6 is 0 Å². The Morgan fingerprint density at radius 3 is 2.00 bits per heavy atom. The Bertz CT molecular complexity index is 2410. The van der Waals surface area contributed by atoms with Gasteiger partial charge in [0, 0.05) is 29.6 Å². The second-order valence-corrected chi connectivity index (χ2v) is 15.2. The Hall–Kier alpha value is -6.17. The largest absolute Gasteiger partial charge is 0.465 e. The van der Waals surface area contributed by atoms with Crippen molar-refractivity contribution >= 4 is 56.8 Å². The molecule has 15 heteroatoms. The van der Waals surface area contributed by atoms with Crippen molar-refractivity contribution in [2.45, 2.75) is 77.5 Å². The Labute approximate surface area is 322 Å². The van der Waals surface area contributed by atoms with E-state index >= 15 is 4.39 Å². The van der Waals surface area contributed by atoms with Crippen molar-refractivity contribution in [2.75, 3.05) is 20.2 Å². The molecule has 56 heavy (non-hydrogen) atoms. The van der Waals surface area contributed by atoms with E-state index in [1.807, 2.05) is 44.2 Å². The van der Waals surface area contributed by atoms with Crippen LogP contribution < -0.4 is 10.6 Å².